The fraction of sp³-hybridized carbons (Fsp3) is 0.471. The lowest BCUT2D eigenvalue weighted by atomic mass is 10.2. The third kappa shape index (κ3) is 3.53. The van der Waals surface area contributed by atoms with Gasteiger partial charge >= 0.3 is 0 Å². The summed E-state index contributed by atoms with van der Waals surface area (Å²) >= 11 is 0. The fourth-order valence-electron chi connectivity index (χ4n) is 3.05. The standard InChI is InChI=1S/C17H23N5O6/c18-12-10(9-11(27-7-5-23)14(25)15(12)28-8-6-24)20-13-16(19)21-3-1-2-4-22(21)17(13)26/h9,19,23-25H,1-8,18H2. The van der Waals surface area contributed by atoms with Crippen molar-refractivity contribution in [1.82, 2.24) is 10.0 Å². The van der Waals surface area contributed by atoms with E-state index >= 15 is 0 Å². The number of nitrogens with zero attached hydrogens (tertiary/aromatic N) is 3. The van der Waals surface area contributed by atoms with Crippen molar-refractivity contribution in [2.75, 3.05) is 45.3 Å². The highest BCUT2D eigenvalue weighted by atomic mass is 16.5. The molecule has 28 heavy (non-hydrogen) atoms. The number of aromatic hydroxyl groups is 1. The summed E-state index contributed by atoms with van der Waals surface area (Å²) in [5.41, 5.74) is 6.00. The second-order valence-electron chi connectivity index (χ2n) is 6.20. The fourth-order valence-corrected chi connectivity index (χ4v) is 3.05. The molecule has 0 bridgehead atoms. The molecule has 0 atom stereocenters. The molecule has 1 aromatic rings. The van der Waals surface area contributed by atoms with Gasteiger partial charge in [-0.15, -0.1) is 0 Å². The van der Waals surface area contributed by atoms with Crippen LogP contribution in [0.4, 0.5) is 11.4 Å². The predicted octanol–water partition coefficient (Wildman–Crippen LogP) is -0.381. The first-order valence-electron chi connectivity index (χ1n) is 8.89. The molecule has 0 aromatic heterocycles. The van der Waals surface area contributed by atoms with Gasteiger partial charge in [-0.25, -0.2) is 10.0 Å². The third-order valence-electron chi connectivity index (χ3n) is 4.36. The number of carbonyl (C=O) groups excluding carboxylic acids is 1. The van der Waals surface area contributed by atoms with Crippen LogP contribution in [0.2, 0.25) is 0 Å². The van der Waals surface area contributed by atoms with Crippen LogP contribution in [-0.4, -0.2) is 82.3 Å². The van der Waals surface area contributed by atoms with Crippen LogP contribution in [0, 0.1) is 5.41 Å². The number of carbonyl (C=O) groups is 1. The minimum absolute atomic E-state index is 0.0205. The number of nitrogen functional groups attached to an aromatic ring is 1. The molecule has 2 heterocycles. The normalized spacial score (nSPS) is 18.0. The van der Waals surface area contributed by atoms with Gasteiger partial charge in [0.2, 0.25) is 5.75 Å². The van der Waals surface area contributed by atoms with Crippen molar-refractivity contribution < 1.29 is 29.6 Å². The number of anilines is 1. The zero-order chi connectivity index (χ0) is 20.3. The second kappa shape index (κ2) is 8.31. The Hall–Kier alpha value is -3.05. The number of hydrogen-bond acceptors (Lipinski definition) is 9. The first kappa shape index (κ1) is 19.7. The quantitative estimate of drug-likeness (QED) is 0.391. The molecular weight excluding hydrogens is 370 g/mol. The highest BCUT2D eigenvalue weighted by Gasteiger charge is 2.41. The lowest BCUT2D eigenvalue weighted by molar-refractivity contribution is -0.134. The van der Waals surface area contributed by atoms with Crippen LogP contribution in [0.25, 0.3) is 0 Å². The molecule has 3 rings (SSSR count). The van der Waals surface area contributed by atoms with E-state index in [0.29, 0.717) is 13.1 Å². The Morgan fingerprint density at radius 2 is 1.79 bits per heavy atom. The smallest absolute Gasteiger partial charge is 0.294 e. The molecule has 11 heteroatoms. The maximum absolute atomic E-state index is 12.6. The van der Waals surface area contributed by atoms with Gasteiger partial charge in [-0.3, -0.25) is 15.2 Å². The molecule has 2 saturated heterocycles. The van der Waals surface area contributed by atoms with Crippen molar-refractivity contribution in [2.45, 2.75) is 12.8 Å². The van der Waals surface area contributed by atoms with Crippen molar-refractivity contribution in [3.63, 3.8) is 0 Å². The Morgan fingerprint density at radius 1 is 1.14 bits per heavy atom. The van der Waals surface area contributed by atoms with Crippen LogP contribution in [0.5, 0.6) is 17.2 Å². The number of aliphatic hydroxyl groups excluding tert-OH is 2. The summed E-state index contributed by atoms with van der Waals surface area (Å²) in [5, 5.41) is 39.6. The minimum atomic E-state index is -0.405. The lowest BCUT2D eigenvalue weighted by Gasteiger charge is -2.32. The summed E-state index contributed by atoms with van der Waals surface area (Å²) in [5.74, 6) is -1.03. The van der Waals surface area contributed by atoms with Gasteiger partial charge in [-0.2, -0.15) is 0 Å². The maximum atomic E-state index is 12.6. The second-order valence-corrected chi connectivity index (χ2v) is 6.20. The van der Waals surface area contributed by atoms with Crippen molar-refractivity contribution in [2.24, 2.45) is 4.99 Å². The Kier molecular flexibility index (Phi) is 5.85. The third-order valence-corrected chi connectivity index (χ3v) is 4.36. The van der Waals surface area contributed by atoms with Gasteiger partial charge in [0.1, 0.15) is 18.9 Å². The molecule has 0 aliphatic carbocycles. The molecular formula is C17H23N5O6. The monoisotopic (exact) mass is 393 g/mol. The van der Waals surface area contributed by atoms with Crippen LogP contribution >= 0.6 is 0 Å². The minimum Gasteiger partial charge on any atom is -0.502 e. The Morgan fingerprint density at radius 3 is 2.43 bits per heavy atom. The van der Waals surface area contributed by atoms with Crippen LogP contribution in [0.1, 0.15) is 12.8 Å². The summed E-state index contributed by atoms with van der Waals surface area (Å²) in [4.78, 5) is 16.9. The molecule has 152 valence electrons. The number of hydrazine groups is 1. The number of amides is 1. The topological polar surface area (TPSA) is 165 Å². The summed E-state index contributed by atoms with van der Waals surface area (Å²) in [7, 11) is 0. The highest BCUT2D eigenvalue weighted by molar-refractivity contribution is 6.68. The van der Waals surface area contributed by atoms with E-state index < -0.39 is 11.7 Å². The Labute approximate surface area is 161 Å². The number of phenols is 1. The number of hydrogen-bond donors (Lipinski definition) is 5. The summed E-state index contributed by atoms with van der Waals surface area (Å²) < 4.78 is 10.6. The number of ether oxygens (including phenoxy) is 2. The van der Waals surface area contributed by atoms with Gasteiger partial charge in [0.05, 0.1) is 18.9 Å². The maximum Gasteiger partial charge on any atom is 0.294 e. The number of rotatable bonds is 7. The van der Waals surface area contributed by atoms with Crippen LogP contribution in [-0.2, 0) is 4.79 Å². The Bertz CT molecular complexity index is 786. The van der Waals surface area contributed by atoms with Crippen molar-refractivity contribution in [3.8, 4) is 17.2 Å². The molecule has 2 fully saturated rings. The number of fused-ring (bicyclic) bond motifs is 1. The van der Waals surface area contributed by atoms with Gasteiger partial charge in [-0.1, -0.05) is 0 Å². The first-order chi connectivity index (χ1) is 13.5. The van der Waals surface area contributed by atoms with E-state index in [0.717, 1.165) is 12.8 Å². The number of phenolic OH excluding ortho intramolecular Hbond substituents is 1. The van der Waals surface area contributed by atoms with E-state index in [1.807, 2.05) is 0 Å². The van der Waals surface area contributed by atoms with Gasteiger partial charge in [-0.05, 0) is 12.8 Å². The largest absolute Gasteiger partial charge is 0.502 e. The number of benzene rings is 1. The van der Waals surface area contributed by atoms with Crippen LogP contribution < -0.4 is 15.2 Å². The number of aliphatic imine (C=N–C) groups is 1. The van der Waals surface area contributed by atoms with E-state index in [4.69, 9.17) is 30.8 Å². The molecule has 1 amide bonds. The molecule has 0 unspecified atom stereocenters. The number of amidine groups is 1. The van der Waals surface area contributed by atoms with E-state index in [2.05, 4.69) is 4.99 Å². The zero-order valence-electron chi connectivity index (χ0n) is 15.2. The SMILES string of the molecule is N=C1C(=Nc2cc(OCCO)c(O)c(OCCO)c2N)C(=O)N2CCCCN12. The molecule has 6 N–H and O–H groups in total. The van der Waals surface area contributed by atoms with E-state index in [9.17, 15) is 9.90 Å². The molecule has 11 nitrogen and oxygen atoms in total. The van der Waals surface area contributed by atoms with Gasteiger partial charge < -0.3 is 30.5 Å². The highest BCUT2D eigenvalue weighted by Crippen LogP contribution is 2.47. The molecule has 0 radical (unpaired) electrons. The van der Waals surface area contributed by atoms with Crippen molar-refractivity contribution in [1.29, 1.82) is 5.41 Å². The van der Waals surface area contributed by atoms with Gasteiger partial charge in [0.15, 0.2) is 23.0 Å². The molecule has 0 saturated carbocycles. The van der Waals surface area contributed by atoms with Crippen molar-refractivity contribution >= 4 is 28.8 Å². The Balaban J connectivity index is 2.03. The molecule has 2 aliphatic heterocycles. The van der Waals surface area contributed by atoms with Crippen LogP contribution in [0.3, 0.4) is 0 Å². The zero-order valence-corrected chi connectivity index (χ0v) is 15.2. The summed E-state index contributed by atoms with van der Waals surface area (Å²) in [6.45, 7) is 0.257. The lowest BCUT2D eigenvalue weighted by Crippen LogP contribution is -2.45. The predicted molar refractivity (Wildman–Crippen MR) is 100 cm³/mol. The number of aliphatic hydroxyl groups is 2. The van der Waals surface area contributed by atoms with Gasteiger partial charge in [0, 0.05) is 19.2 Å². The molecule has 2 aliphatic rings. The van der Waals surface area contributed by atoms with E-state index in [1.165, 1.54) is 11.1 Å². The molecule has 0 spiro atoms. The van der Waals surface area contributed by atoms with E-state index in [-0.39, 0.29) is 60.8 Å². The average molecular weight is 393 g/mol. The van der Waals surface area contributed by atoms with Crippen LogP contribution in [0.15, 0.2) is 11.1 Å². The molecule has 1 aromatic carbocycles. The average Bonchev–Trinajstić information content (AvgIpc) is 2.94. The number of nitrogens with one attached hydrogen (secondary N) is 1. The number of nitrogens with two attached hydrogens (primary N) is 1. The summed E-state index contributed by atoms with van der Waals surface area (Å²) in [6.07, 6.45) is 1.72. The van der Waals surface area contributed by atoms with E-state index in [1.54, 1.807) is 5.01 Å². The van der Waals surface area contributed by atoms with Crippen molar-refractivity contribution in [3.05, 3.63) is 6.07 Å². The van der Waals surface area contributed by atoms with Gasteiger partial charge in [0.25, 0.3) is 5.91 Å². The first-order valence-corrected chi connectivity index (χ1v) is 8.89. The summed E-state index contributed by atoms with van der Waals surface area (Å²) in [6, 6.07) is 1.31.